The number of aromatic nitrogens is 3. The van der Waals surface area contributed by atoms with Crippen LogP contribution in [0, 0.1) is 17.2 Å². The molecular weight excluding hydrogens is 422 g/mol. The molecule has 4 aromatic rings. The van der Waals surface area contributed by atoms with E-state index in [1.165, 1.54) is 10.1 Å². The van der Waals surface area contributed by atoms with Crippen LogP contribution in [0.5, 0.6) is 0 Å². The minimum Gasteiger partial charge on any atom is -0.481 e. The zero-order valence-corrected chi connectivity index (χ0v) is 18.0. The number of rotatable bonds is 4. The maximum Gasteiger partial charge on any atom is 0.306 e. The van der Waals surface area contributed by atoms with Crippen LogP contribution in [0.2, 0.25) is 0 Å². The van der Waals surface area contributed by atoms with Crippen LogP contribution in [0.1, 0.15) is 42.9 Å². The van der Waals surface area contributed by atoms with Crippen LogP contribution in [0.3, 0.4) is 0 Å². The third-order valence-electron chi connectivity index (χ3n) is 6.34. The quantitative estimate of drug-likeness (QED) is 0.461. The number of hydrogen-bond donors (Lipinski definition) is 2. The summed E-state index contributed by atoms with van der Waals surface area (Å²) >= 11 is 1.66. The Morgan fingerprint density at radius 1 is 1.12 bits per heavy atom. The Morgan fingerprint density at radius 2 is 1.84 bits per heavy atom. The van der Waals surface area contributed by atoms with Crippen LogP contribution in [-0.4, -0.2) is 25.7 Å². The number of aliphatic carboxylic acids is 1. The van der Waals surface area contributed by atoms with Crippen LogP contribution in [0.15, 0.2) is 47.3 Å². The number of benzene rings is 1. The fraction of sp³-hybridized carbons (Fsp3) is 0.250. The maximum absolute atomic E-state index is 11.3. The summed E-state index contributed by atoms with van der Waals surface area (Å²) in [6.45, 7) is 0. The van der Waals surface area contributed by atoms with Gasteiger partial charge < -0.3 is 10.8 Å². The van der Waals surface area contributed by atoms with E-state index in [0.29, 0.717) is 42.6 Å². The first-order valence-corrected chi connectivity index (χ1v) is 11.4. The predicted molar refractivity (Wildman–Crippen MR) is 123 cm³/mol. The molecule has 3 N–H and O–H groups in total. The second-order valence-corrected chi connectivity index (χ2v) is 8.92. The highest BCUT2D eigenvalue weighted by Gasteiger charge is 2.30. The summed E-state index contributed by atoms with van der Waals surface area (Å²) in [6, 6.07) is 12.5. The van der Waals surface area contributed by atoms with Crippen molar-refractivity contribution in [1.29, 1.82) is 5.26 Å². The van der Waals surface area contributed by atoms with Gasteiger partial charge in [-0.3, -0.25) is 4.79 Å². The van der Waals surface area contributed by atoms with Crippen molar-refractivity contribution in [3.05, 3.63) is 58.5 Å². The van der Waals surface area contributed by atoms with E-state index in [0.717, 1.165) is 16.7 Å². The van der Waals surface area contributed by atoms with E-state index in [4.69, 9.17) is 10.7 Å². The molecule has 0 bridgehead atoms. The normalized spacial score (nSPS) is 18.5. The smallest absolute Gasteiger partial charge is 0.306 e. The van der Waals surface area contributed by atoms with Gasteiger partial charge in [0, 0.05) is 11.5 Å². The number of hydrogen-bond acceptors (Lipinski definition) is 6. The van der Waals surface area contributed by atoms with Crippen LogP contribution in [0.25, 0.3) is 27.9 Å². The summed E-state index contributed by atoms with van der Waals surface area (Å²) in [7, 11) is 0. The zero-order chi connectivity index (χ0) is 22.2. The van der Waals surface area contributed by atoms with E-state index >= 15 is 0 Å². The fourth-order valence-corrected chi connectivity index (χ4v) is 5.20. The third-order valence-corrected chi connectivity index (χ3v) is 7.02. The first-order valence-electron chi connectivity index (χ1n) is 10.5. The number of nitrogens with two attached hydrogens (primary N) is 1. The van der Waals surface area contributed by atoms with Gasteiger partial charge in [0.15, 0.2) is 5.65 Å². The Labute approximate surface area is 188 Å². The molecule has 7 nitrogen and oxygen atoms in total. The average Bonchev–Trinajstić information content (AvgIpc) is 3.50. The van der Waals surface area contributed by atoms with Gasteiger partial charge in [-0.2, -0.15) is 26.2 Å². The highest BCUT2D eigenvalue weighted by Crippen LogP contribution is 2.38. The van der Waals surface area contributed by atoms with E-state index in [9.17, 15) is 15.2 Å². The summed E-state index contributed by atoms with van der Waals surface area (Å²) in [5.41, 5.74) is 12.1. The molecule has 5 rings (SSSR count). The molecule has 0 aliphatic heterocycles. The Kier molecular flexibility index (Phi) is 5.11. The molecule has 0 spiro atoms. The number of carbonyl (C=O) groups is 1. The topological polar surface area (TPSA) is 117 Å². The molecule has 0 unspecified atom stereocenters. The second kappa shape index (κ2) is 8.09. The molecule has 160 valence electrons. The van der Waals surface area contributed by atoms with Crippen LogP contribution in [-0.2, 0) is 4.79 Å². The van der Waals surface area contributed by atoms with Crippen molar-refractivity contribution >= 4 is 28.8 Å². The first kappa shape index (κ1) is 20.2. The number of carboxylic acid groups (broad SMARTS) is 1. The molecule has 0 radical (unpaired) electrons. The fourth-order valence-electron chi connectivity index (χ4n) is 4.53. The summed E-state index contributed by atoms with van der Waals surface area (Å²) in [5.74, 6) is -0.800. The van der Waals surface area contributed by atoms with Gasteiger partial charge in [-0.1, -0.05) is 24.3 Å². The number of fused-ring (bicyclic) bond motifs is 1. The van der Waals surface area contributed by atoms with E-state index in [-0.39, 0.29) is 17.7 Å². The van der Waals surface area contributed by atoms with Gasteiger partial charge in [-0.15, -0.1) is 0 Å². The molecule has 1 aliphatic carbocycles. The zero-order valence-electron chi connectivity index (χ0n) is 17.2. The van der Waals surface area contributed by atoms with Gasteiger partial charge in [0.2, 0.25) is 0 Å². The van der Waals surface area contributed by atoms with Crippen molar-refractivity contribution in [3.63, 3.8) is 0 Å². The Hall–Kier alpha value is -3.70. The molecule has 1 aliphatic rings. The first-order chi connectivity index (χ1) is 15.6. The van der Waals surface area contributed by atoms with Gasteiger partial charge >= 0.3 is 5.97 Å². The third kappa shape index (κ3) is 3.41. The lowest BCUT2D eigenvalue weighted by molar-refractivity contribution is -0.142. The monoisotopic (exact) mass is 443 g/mol. The van der Waals surface area contributed by atoms with Crippen molar-refractivity contribution in [2.75, 3.05) is 5.73 Å². The standard InChI is InChI=1S/C24H21N5O2S/c25-11-19-21(16-5-7-17(8-6-16)24(30)31)28-23-20(12-27-29(23)22(19)26)15-3-1-14(2-4-15)18-9-10-32-13-18/h1-4,9-10,12-13,16-17H,5-8,26H2,(H,30,31). The van der Waals surface area contributed by atoms with Crippen LogP contribution >= 0.6 is 11.3 Å². The molecular formula is C24H21N5O2S. The average molecular weight is 444 g/mol. The molecule has 3 heterocycles. The summed E-state index contributed by atoms with van der Waals surface area (Å²) < 4.78 is 1.52. The van der Waals surface area contributed by atoms with Crippen molar-refractivity contribution in [2.24, 2.45) is 5.92 Å². The highest BCUT2D eigenvalue weighted by molar-refractivity contribution is 7.08. The molecule has 0 atom stereocenters. The van der Waals surface area contributed by atoms with E-state index in [1.807, 2.05) is 12.1 Å². The number of nitrogens with zero attached hydrogens (tertiary/aromatic N) is 4. The van der Waals surface area contributed by atoms with Gasteiger partial charge in [-0.05, 0) is 59.2 Å². The minimum absolute atomic E-state index is 0.0104. The van der Waals surface area contributed by atoms with Crippen LogP contribution in [0.4, 0.5) is 5.82 Å². The molecule has 8 heteroatoms. The van der Waals surface area contributed by atoms with Crippen molar-refractivity contribution < 1.29 is 9.90 Å². The number of nitrogen functional groups attached to an aromatic ring is 1. The van der Waals surface area contributed by atoms with Gasteiger partial charge in [0.1, 0.15) is 17.5 Å². The number of anilines is 1. The summed E-state index contributed by atoms with van der Waals surface area (Å²) in [4.78, 5) is 16.2. The number of carboxylic acids is 1. The molecule has 32 heavy (non-hydrogen) atoms. The molecule has 3 aromatic heterocycles. The predicted octanol–water partition coefficient (Wildman–Crippen LogP) is 4.94. The van der Waals surface area contributed by atoms with Crippen molar-refractivity contribution in [2.45, 2.75) is 31.6 Å². The van der Waals surface area contributed by atoms with Gasteiger partial charge in [0.05, 0.1) is 17.8 Å². The van der Waals surface area contributed by atoms with Crippen molar-refractivity contribution in [3.8, 4) is 28.3 Å². The SMILES string of the molecule is N#Cc1c(C2CCC(C(=O)O)CC2)nc2c(-c3ccc(-c4ccsc4)cc3)cnn2c1N. The lowest BCUT2D eigenvalue weighted by Crippen LogP contribution is -2.22. The molecule has 0 amide bonds. The van der Waals surface area contributed by atoms with E-state index < -0.39 is 5.97 Å². The van der Waals surface area contributed by atoms with Crippen LogP contribution < -0.4 is 5.73 Å². The lowest BCUT2D eigenvalue weighted by atomic mass is 9.79. The largest absolute Gasteiger partial charge is 0.481 e. The Balaban J connectivity index is 1.55. The molecule has 0 saturated heterocycles. The number of nitriles is 1. The molecule has 1 saturated carbocycles. The number of thiophene rings is 1. The van der Waals surface area contributed by atoms with Crippen molar-refractivity contribution in [1.82, 2.24) is 14.6 Å². The van der Waals surface area contributed by atoms with Gasteiger partial charge in [0.25, 0.3) is 0 Å². The Bertz CT molecular complexity index is 1330. The summed E-state index contributed by atoms with van der Waals surface area (Å²) in [6.07, 6.45) is 4.23. The van der Waals surface area contributed by atoms with Gasteiger partial charge in [-0.25, -0.2) is 4.98 Å². The summed E-state index contributed by atoms with van der Waals surface area (Å²) in [5, 5.41) is 27.6. The Morgan fingerprint density at radius 3 is 2.47 bits per heavy atom. The maximum atomic E-state index is 11.3. The van der Waals surface area contributed by atoms with E-state index in [2.05, 4.69) is 40.1 Å². The highest BCUT2D eigenvalue weighted by atomic mass is 32.1. The minimum atomic E-state index is -0.754. The van der Waals surface area contributed by atoms with E-state index in [1.54, 1.807) is 17.5 Å². The second-order valence-electron chi connectivity index (χ2n) is 8.14. The lowest BCUT2D eigenvalue weighted by Gasteiger charge is -2.26. The molecule has 1 fully saturated rings. The molecule has 1 aromatic carbocycles.